The maximum atomic E-state index is 11.9. The van der Waals surface area contributed by atoms with Crippen molar-refractivity contribution in [1.29, 1.82) is 0 Å². The lowest BCUT2D eigenvalue weighted by molar-refractivity contribution is 0.0958. The molecule has 0 spiro atoms. The zero-order chi connectivity index (χ0) is 14.6. The van der Waals surface area contributed by atoms with Crippen LogP contribution < -0.4 is 11.1 Å². The van der Waals surface area contributed by atoms with Crippen molar-refractivity contribution in [3.05, 3.63) is 35.4 Å². The Kier molecular flexibility index (Phi) is 4.72. The standard InChI is InChI=1S/C13H18N2O3S/c1-9(2)4-5-15-13(16)10-6-11(14)8-12(7-10)19(3,17)18/h4,6-8H,5,14H2,1-3H3,(H,15,16). The molecule has 0 radical (unpaired) electrons. The smallest absolute Gasteiger partial charge is 0.251 e. The second kappa shape index (κ2) is 5.88. The van der Waals surface area contributed by atoms with Crippen LogP contribution in [0.3, 0.4) is 0 Å². The highest BCUT2D eigenvalue weighted by molar-refractivity contribution is 7.90. The van der Waals surface area contributed by atoms with Crippen molar-refractivity contribution in [2.75, 3.05) is 18.5 Å². The number of nitrogens with one attached hydrogen (secondary N) is 1. The van der Waals surface area contributed by atoms with Crippen LogP contribution in [0.4, 0.5) is 5.69 Å². The van der Waals surface area contributed by atoms with E-state index in [1.54, 1.807) is 0 Å². The number of allylic oxidation sites excluding steroid dienone is 1. The van der Waals surface area contributed by atoms with E-state index in [0.29, 0.717) is 6.54 Å². The maximum absolute atomic E-state index is 11.9. The molecule has 0 saturated heterocycles. The molecule has 1 rings (SSSR count). The third-order valence-electron chi connectivity index (χ3n) is 2.39. The van der Waals surface area contributed by atoms with Crippen LogP contribution in [0.1, 0.15) is 24.2 Å². The first-order valence-electron chi connectivity index (χ1n) is 5.72. The predicted molar refractivity (Wildman–Crippen MR) is 75.7 cm³/mol. The number of nitrogens with two attached hydrogens (primary N) is 1. The molecular weight excluding hydrogens is 264 g/mol. The number of carbonyl (C=O) groups excluding carboxylic acids is 1. The number of anilines is 1. The Morgan fingerprint density at radius 3 is 2.47 bits per heavy atom. The van der Waals surface area contributed by atoms with Crippen LogP contribution in [0.2, 0.25) is 0 Å². The number of rotatable bonds is 4. The van der Waals surface area contributed by atoms with E-state index in [4.69, 9.17) is 5.73 Å². The number of carbonyl (C=O) groups is 1. The van der Waals surface area contributed by atoms with Crippen LogP contribution in [0.5, 0.6) is 0 Å². The molecule has 3 N–H and O–H groups in total. The SMILES string of the molecule is CC(C)=CCNC(=O)c1cc(N)cc(S(C)(=O)=O)c1. The van der Waals surface area contributed by atoms with Gasteiger partial charge in [0, 0.05) is 24.1 Å². The Labute approximate surface area is 113 Å². The van der Waals surface area contributed by atoms with Gasteiger partial charge in [-0.3, -0.25) is 4.79 Å². The van der Waals surface area contributed by atoms with Crippen molar-refractivity contribution < 1.29 is 13.2 Å². The number of sulfone groups is 1. The fourth-order valence-electron chi connectivity index (χ4n) is 1.42. The monoisotopic (exact) mass is 282 g/mol. The van der Waals surface area contributed by atoms with E-state index in [1.165, 1.54) is 18.2 Å². The molecule has 6 heteroatoms. The molecular formula is C13H18N2O3S. The zero-order valence-electron chi connectivity index (χ0n) is 11.2. The topological polar surface area (TPSA) is 89.3 Å². The van der Waals surface area contributed by atoms with Gasteiger partial charge in [-0.25, -0.2) is 8.42 Å². The van der Waals surface area contributed by atoms with Gasteiger partial charge in [0.25, 0.3) is 5.91 Å². The van der Waals surface area contributed by atoms with Crippen LogP contribution in [0, 0.1) is 0 Å². The fourth-order valence-corrected chi connectivity index (χ4v) is 2.11. The molecule has 0 aliphatic heterocycles. The van der Waals surface area contributed by atoms with Crippen molar-refractivity contribution >= 4 is 21.4 Å². The van der Waals surface area contributed by atoms with Gasteiger partial charge in [-0.05, 0) is 32.0 Å². The van der Waals surface area contributed by atoms with Crippen LogP contribution >= 0.6 is 0 Å². The Balaban J connectivity index is 2.98. The molecule has 0 unspecified atom stereocenters. The first kappa shape index (κ1) is 15.2. The Hall–Kier alpha value is -1.82. The van der Waals surface area contributed by atoms with Gasteiger partial charge in [0.05, 0.1) is 4.90 Å². The van der Waals surface area contributed by atoms with E-state index in [9.17, 15) is 13.2 Å². The lowest BCUT2D eigenvalue weighted by Crippen LogP contribution is -2.23. The van der Waals surface area contributed by atoms with Crippen molar-refractivity contribution in [2.45, 2.75) is 18.7 Å². The summed E-state index contributed by atoms with van der Waals surface area (Å²) in [7, 11) is -3.39. The number of hydrogen-bond donors (Lipinski definition) is 2. The number of hydrogen-bond acceptors (Lipinski definition) is 4. The second-order valence-corrected chi connectivity index (χ2v) is 6.57. The minimum Gasteiger partial charge on any atom is -0.399 e. The van der Waals surface area contributed by atoms with Gasteiger partial charge in [-0.15, -0.1) is 0 Å². The summed E-state index contributed by atoms with van der Waals surface area (Å²) >= 11 is 0. The van der Waals surface area contributed by atoms with Gasteiger partial charge in [0.15, 0.2) is 9.84 Å². The molecule has 5 nitrogen and oxygen atoms in total. The molecule has 0 fully saturated rings. The molecule has 0 atom stereocenters. The average molecular weight is 282 g/mol. The molecule has 0 saturated carbocycles. The normalized spacial score (nSPS) is 10.9. The first-order chi connectivity index (χ1) is 8.70. The van der Waals surface area contributed by atoms with Gasteiger partial charge < -0.3 is 11.1 Å². The Morgan fingerprint density at radius 2 is 1.95 bits per heavy atom. The summed E-state index contributed by atoms with van der Waals surface area (Å²) in [5.41, 5.74) is 7.19. The Morgan fingerprint density at radius 1 is 1.32 bits per heavy atom. The van der Waals surface area contributed by atoms with Crippen LogP contribution in [-0.2, 0) is 9.84 Å². The summed E-state index contributed by atoms with van der Waals surface area (Å²) in [5.74, 6) is -0.352. The van der Waals surface area contributed by atoms with Crippen LogP contribution in [0.25, 0.3) is 0 Å². The van der Waals surface area contributed by atoms with E-state index in [2.05, 4.69) is 5.32 Å². The molecule has 1 aromatic carbocycles. The second-order valence-electron chi connectivity index (χ2n) is 4.55. The molecule has 0 aliphatic carbocycles. The summed E-state index contributed by atoms with van der Waals surface area (Å²) in [6.07, 6.45) is 2.94. The summed E-state index contributed by atoms with van der Waals surface area (Å²) in [6.45, 7) is 4.24. The quantitative estimate of drug-likeness (QED) is 0.644. The lowest BCUT2D eigenvalue weighted by Gasteiger charge is -2.06. The van der Waals surface area contributed by atoms with Crippen molar-refractivity contribution in [1.82, 2.24) is 5.32 Å². The van der Waals surface area contributed by atoms with Gasteiger partial charge >= 0.3 is 0 Å². The molecule has 19 heavy (non-hydrogen) atoms. The summed E-state index contributed by atoms with van der Waals surface area (Å²) in [6, 6.07) is 4.11. The highest BCUT2D eigenvalue weighted by atomic mass is 32.2. The molecule has 0 bridgehead atoms. The molecule has 1 amide bonds. The largest absolute Gasteiger partial charge is 0.399 e. The highest BCUT2D eigenvalue weighted by Crippen LogP contribution is 2.16. The van der Waals surface area contributed by atoms with Gasteiger partial charge in [-0.2, -0.15) is 0 Å². The van der Waals surface area contributed by atoms with Crippen molar-refractivity contribution in [2.24, 2.45) is 0 Å². The van der Waals surface area contributed by atoms with Crippen molar-refractivity contribution in [3.63, 3.8) is 0 Å². The maximum Gasteiger partial charge on any atom is 0.251 e. The Bertz CT molecular complexity index is 615. The van der Waals surface area contributed by atoms with E-state index in [-0.39, 0.29) is 22.1 Å². The molecule has 0 heterocycles. The first-order valence-corrected chi connectivity index (χ1v) is 7.61. The number of nitrogen functional groups attached to an aromatic ring is 1. The van der Waals surface area contributed by atoms with Gasteiger partial charge in [0.2, 0.25) is 0 Å². The van der Waals surface area contributed by atoms with E-state index >= 15 is 0 Å². The molecule has 0 aromatic heterocycles. The van der Waals surface area contributed by atoms with Crippen molar-refractivity contribution in [3.8, 4) is 0 Å². The minimum atomic E-state index is -3.39. The van der Waals surface area contributed by atoms with Gasteiger partial charge in [-0.1, -0.05) is 11.6 Å². The van der Waals surface area contributed by atoms with Gasteiger partial charge in [0.1, 0.15) is 0 Å². The fraction of sp³-hybridized carbons (Fsp3) is 0.308. The zero-order valence-corrected chi connectivity index (χ0v) is 12.0. The van der Waals surface area contributed by atoms with E-state index in [0.717, 1.165) is 11.8 Å². The van der Waals surface area contributed by atoms with Crippen LogP contribution in [-0.4, -0.2) is 27.1 Å². The number of amides is 1. The summed E-state index contributed by atoms with van der Waals surface area (Å²) in [5, 5.41) is 2.67. The summed E-state index contributed by atoms with van der Waals surface area (Å²) < 4.78 is 22.9. The van der Waals surface area contributed by atoms with Crippen LogP contribution in [0.15, 0.2) is 34.7 Å². The third kappa shape index (κ3) is 4.75. The summed E-state index contributed by atoms with van der Waals surface area (Å²) in [4.78, 5) is 11.9. The minimum absolute atomic E-state index is 0.0415. The molecule has 104 valence electrons. The molecule has 0 aliphatic rings. The predicted octanol–water partition coefficient (Wildman–Crippen LogP) is 1.37. The molecule has 1 aromatic rings. The van der Waals surface area contributed by atoms with E-state index < -0.39 is 9.84 Å². The highest BCUT2D eigenvalue weighted by Gasteiger charge is 2.13. The van der Waals surface area contributed by atoms with E-state index in [1.807, 2.05) is 19.9 Å². The average Bonchev–Trinajstić information content (AvgIpc) is 2.26. The third-order valence-corrected chi connectivity index (χ3v) is 3.48. The number of benzene rings is 1. The lowest BCUT2D eigenvalue weighted by atomic mass is 10.2.